The molecule has 0 saturated carbocycles. The first-order valence-corrected chi connectivity index (χ1v) is 7.74. The van der Waals surface area contributed by atoms with Crippen LogP contribution in [0.3, 0.4) is 0 Å². The van der Waals surface area contributed by atoms with Gasteiger partial charge < -0.3 is 10.6 Å². The predicted molar refractivity (Wildman–Crippen MR) is 84.8 cm³/mol. The number of amides is 2. The molecule has 0 unspecified atom stereocenters. The van der Waals surface area contributed by atoms with Gasteiger partial charge in [-0.05, 0) is 35.6 Å². The standard InChI is InChI=1S/C15H15ClN2O2S/c16-12-4-1-3-11(9-12)6-7-17-14(19)10-18-15(20)13-5-2-8-21-13/h1-5,8-9H,6-7,10H2,(H,17,19)(H,18,20). The second kappa shape index (κ2) is 7.81. The van der Waals surface area contributed by atoms with Gasteiger partial charge in [-0.3, -0.25) is 9.59 Å². The zero-order valence-corrected chi connectivity index (χ0v) is 12.8. The first kappa shape index (κ1) is 15.5. The van der Waals surface area contributed by atoms with Crippen molar-refractivity contribution in [2.24, 2.45) is 0 Å². The highest BCUT2D eigenvalue weighted by Crippen LogP contribution is 2.10. The maximum atomic E-state index is 11.6. The van der Waals surface area contributed by atoms with Crippen LogP contribution in [0.15, 0.2) is 41.8 Å². The summed E-state index contributed by atoms with van der Waals surface area (Å²) in [4.78, 5) is 23.9. The van der Waals surface area contributed by atoms with Gasteiger partial charge in [0.25, 0.3) is 5.91 Å². The summed E-state index contributed by atoms with van der Waals surface area (Å²) in [5, 5.41) is 7.84. The Morgan fingerprint density at radius 3 is 2.71 bits per heavy atom. The Labute approximate surface area is 132 Å². The summed E-state index contributed by atoms with van der Waals surface area (Å²) in [5.74, 6) is -0.433. The molecular formula is C15H15ClN2O2S. The van der Waals surface area contributed by atoms with Crippen molar-refractivity contribution in [3.8, 4) is 0 Å². The van der Waals surface area contributed by atoms with E-state index >= 15 is 0 Å². The summed E-state index contributed by atoms with van der Waals surface area (Å²) in [6, 6.07) is 11.0. The minimum atomic E-state index is -0.227. The summed E-state index contributed by atoms with van der Waals surface area (Å²) in [6.07, 6.45) is 0.700. The fraction of sp³-hybridized carbons (Fsp3) is 0.200. The maximum absolute atomic E-state index is 11.6. The van der Waals surface area contributed by atoms with Crippen LogP contribution in [-0.2, 0) is 11.2 Å². The van der Waals surface area contributed by atoms with Gasteiger partial charge in [-0.2, -0.15) is 0 Å². The number of nitrogens with one attached hydrogen (secondary N) is 2. The van der Waals surface area contributed by atoms with E-state index in [9.17, 15) is 9.59 Å². The number of carbonyl (C=O) groups excluding carboxylic acids is 2. The Balaban J connectivity index is 1.67. The number of halogens is 1. The van der Waals surface area contributed by atoms with E-state index in [0.717, 1.165) is 5.56 Å². The van der Waals surface area contributed by atoms with Gasteiger partial charge in [0.15, 0.2) is 0 Å². The van der Waals surface area contributed by atoms with E-state index in [1.165, 1.54) is 11.3 Å². The van der Waals surface area contributed by atoms with Crippen molar-refractivity contribution in [1.29, 1.82) is 0 Å². The molecule has 1 aromatic heterocycles. The highest BCUT2D eigenvalue weighted by Gasteiger charge is 2.08. The number of hydrogen-bond donors (Lipinski definition) is 2. The largest absolute Gasteiger partial charge is 0.354 e. The molecule has 21 heavy (non-hydrogen) atoms. The lowest BCUT2D eigenvalue weighted by atomic mass is 10.1. The van der Waals surface area contributed by atoms with Crippen molar-refractivity contribution in [3.63, 3.8) is 0 Å². The molecule has 0 fully saturated rings. The lowest BCUT2D eigenvalue weighted by Gasteiger charge is -2.06. The molecule has 4 nitrogen and oxygen atoms in total. The number of thiophene rings is 1. The quantitative estimate of drug-likeness (QED) is 0.858. The molecule has 0 atom stereocenters. The SMILES string of the molecule is O=C(CNC(=O)c1cccs1)NCCc1cccc(Cl)c1. The molecule has 2 rings (SSSR count). The van der Waals surface area contributed by atoms with Gasteiger partial charge in [0.1, 0.15) is 0 Å². The Morgan fingerprint density at radius 1 is 1.14 bits per heavy atom. The second-order valence-electron chi connectivity index (χ2n) is 4.39. The van der Waals surface area contributed by atoms with Crippen molar-refractivity contribution < 1.29 is 9.59 Å². The van der Waals surface area contributed by atoms with Crippen molar-refractivity contribution in [3.05, 3.63) is 57.2 Å². The van der Waals surface area contributed by atoms with Gasteiger partial charge in [-0.25, -0.2) is 0 Å². The van der Waals surface area contributed by atoms with Gasteiger partial charge in [0.2, 0.25) is 5.91 Å². The van der Waals surface area contributed by atoms with E-state index in [-0.39, 0.29) is 18.4 Å². The van der Waals surface area contributed by atoms with Crippen LogP contribution < -0.4 is 10.6 Å². The van der Waals surface area contributed by atoms with E-state index in [0.29, 0.717) is 22.9 Å². The van der Waals surface area contributed by atoms with Gasteiger partial charge >= 0.3 is 0 Å². The molecule has 2 N–H and O–H groups in total. The Hall–Kier alpha value is -1.85. The third-order valence-electron chi connectivity index (χ3n) is 2.78. The lowest BCUT2D eigenvalue weighted by Crippen LogP contribution is -2.37. The monoisotopic (exact) mass is 322 g/mol. The second-order valence-corrected chi connectivity index (χ2v) is 5.77. The predicted octanol–water partition coefficient (Wildman–Crippen LogP) is 2.49. The van der Waals surface area contributed by atoms with E-state index < -0.39 is 0 Å². The molecule has 1 aromatic carbocycles. The van der Waals surface area contributed by atoms with Crippen molar-refractivity contribution >= 4 is 34.8 Å². The Morgan fingerprint density at radius 2 is 2.00 bits per heavy atom. The van der Waals surface area contributed by atoms with Crippen LogP contribution in [0.25, 0.3) is 0 Å². The fourth-order valence-corrected chi connectivity index (χ4v) is 2.61. The zero-order valence-electron chi connectivity index (χ0n) is 11.3. The summed E-state index contributed by atoms with van der Waals surface area (Å²) in [5.41, 5.74) is 1.06. The molecule has 0 saturated heterocycles. The molecule has 0 aliphatic heterocycles. The summed E-state index contributed by atoms with van der Waals surface area (Å²) in [7, 11) is 0. The molecule has 2 aromatic rings. The van der Waals surface area contributed by atoms with E-state index in [1.54, 1.807) is 12.1 Å². The third kappa shape index (κ3) is 5.21. The van der Waals surface area contributed by atoms with Crippen LogP contribution in [0.5, 0.6) is 0 Å². The summed E-state index contributed by atoms with van der Waals surface area (Å²) >= 11 is 7.23. The Bertz CT molecular complexity index is 614. The Kier molecular flexibility index (Phi) is 5.78. The van der Waals surface area contributed by atoms with Crippen LogP contribution in [0.4, 0.5) is 0 Å². The molecule has 0 radical (unpaired) electrons. The van der Waals surface area contributed by atoms with Crippen molar-refractivity contribution in [2.45, 2.75) is 6.42 Å². The maximum Gasteiger partial charge on any atom is 0.261 e. The van der Waals surface area contributed by atoms with Crippen LogP contribution in [0.1, 0.15) is 15.2 Å². The van der Waals surface area contributed by atoms with Crippen LogP contribution in [0.2, 0.25) is 5.02 Å². The first-order valence-electron chi connectivity index (χ1n) is 6.48. The molecular weight excluding hydrogens is 308 g/mol. The summed E-state index contributed by atoms with van der Waals surface area (Å²) in [6.45, 7) is 0.486. The minimum Gasteiger partial charge on any atom is -0.354 e. The molecule has 0 spiro atoms. The third-order valence-corrected chi connectivity index (χ3v) is 3.88. The molecule has 2 amide bonds. The van der Waals surface area contributed by atoms with Gasteiger partial charge in [-0.1, -0.05) is 29.8 Å². The van der Waals surface area contributed by atoms with Crippen LogP contribution >= 0.6 is 22.9 Å². The van der Waals surface area contributed by atoms with Crippen LogP contribution in [-0.4, -0.2) is 24.9 Å². The lowest BCUT2D eigenvalue weighted by molar-refractivity contribution is -0.120. The van der Waals surface area contributed by atoms with E-state index in [1.807, 2.05) is 29.6 Å². The normalized spacial score (nSPS) is 10.1. The molecule has 0 bridgehead atoms. The number of hydrogen-bond acceptors (Lipinski definition) is 3. The number of carbonyl (C=O) groups is 2. The van der Waals surface area contributed by atoms with Gasteiger partial charge in [-0.15, -0.1) is 11.3 Å². The highest BCUT2D eigenvalue weighted by molar-refractivity contribution is 7.12. The van der Waals surface area contributed by atoms with E-state index in [2.05, 4.69) is 10.6 Å². The number of rotatable bonds is 6. The van der Waals surface area contributed by atoms with Crippen molar-refractivity contribution in [1.82, 2.24) is 10.6 Å². The minimum absolute atomic E-state index is 0.0215. The number of benzene rings is 1. The average Bonchev–Trinajstić information content (AvgIpc) is 2.99. The van der Waals surface area contributed by atoms with Crippen LogP contribution in [0, 0.1) is 0 Å². The van der Waals surface area contributed by atoms with E-state index in [4.69, 9.17) is 11.6 Å². The smallest absolute Gasteiger partial charge is 0.261 e. The highest BCUT2D eigenvalue weighted by atomic mass is 35.5. The molecule has 6 heteroatoms. The summed E-state index contributed by atoms with van der Waals surface area (Å²) < 4.78 is 0. The van der Waals surface area contributed by atoms with Gasteiger partial charge in [0.05, 0.1) is 11.4 Å². The van der Waals surface area contributed by atoms with Crippen molar-refractivity contribution in [2.75, 3.05) is 13.1 Å². The molecule has 1 heterocycles. The molecule has 110 valence electrons. The molecule has 0 aliphatic carbocycles. The zero-order chi connectivity index (χ0) is 15.1. The molecule has 0 aliphatic rings. The topological polar surface area (TPSA) is 58.2 Å². The fourth-order valence-electron chi connectivity index (χ4n) is 1.76. The van der Waals surface area contributed by atoms with Gasteiger partial charge in [0, 0.05) is 11.6 Å². The first-order chi connectivity index (χ1) is 10.1. The average molecular weight is 323 g/mol.